The monoisotopic (exact) mass is 294 g/mol. The highest BCUT2D eigenvalue weighted by Gasteiger charge is 2.11. The molecular formula is C18H18N2O2. The summed E-state index contributed by atoms with van der Waals surface area (Å²) in [7, 11) is 1.38. The Balaban J connectivity index is 2.08. The maximum atomic E-state index is 11.3. The van der Waals surface area contributed by atoms with E-state index >= 15 is 0 Å². The molecule has 0 aliphatic carbocycles. The molecule has 0 amide bonds. The van der Waals surface area contributed by atoms with Gasteiger partial charge in [-0.15, -0.1) is 0 Å². The average Bonchev–Trinajstić information content (AvgIpc) is 2.59. The molecule has 1 atom stereocenters. The van der Waals surface area contributed by atoms with Crippen LogP contribution in [0.3, 0.4) is 0 Å². The van der Waals surface area contributed by atoms with Crippen molar-refractivity contribution in [2.24, 2.45) is 0 Å². The van der Waals surface area contributed by atoms with Crippen LogP contribution in [0.25, 0.3) is 11.1 Å². The van der Waals surface area contributed by atoms with Gasteiger partial charge in [0, 0.05) is 6.54 Å². The molecule has 0 bridgehead atoms. The fourth-order valence-corrected chi connectivity index (χ4v) is 2.17. The van der Waals surface area contributed by atoms with Crippen molar-refractivity contribution in [3.8, 4) is 17.2 Å². The summed E-state index contributed by atoms with van der Waals surface area (Å²) < 4.78 is 4.67. The minimum absolute atomic E-state index is 0.278. The van der Waals surface area contributed by atoms with Gasteiger partial charge >= 0.3 is 5.97 Å². The Kier molecular flexibility index (Phi) is 5.29. The normalized spacial score (nSPS) is 11.5. The molecule has 112 valence electrons. The molecule has 2 rings (SSSR count). The average molecular weight is 294 g/mol. The van der Waals surface area contributed by atoms with Crippen molar-refractivity contribution in [1.29, 1.82) is 5.26 Å². The van der Waals surface area contributed by atoms with Crippen LogP contribution in [0, 0.1) is 11.3 Å². The van der Waals surface area contributed by atoms with E-state index in [-0.39, 0.29) is 12.0 Å². The van der Waals surface area contributed by atoms with Gasteiger partial charge in [0.1, 0.15) is 6.04 Å². The predicted octanol–water partition coefficient (Wildman–Crippen LogP) is 2.88. The van der Waals surface area contributed by atoms with Crippen LogP contribution in [-0.4, -0.2) is 19.1 Å². The molecule has 0 fully saturated rings. The third-order valence-electron chi connectivity index (χ3n) is 3.48. The minimum Gasteiger partial charge on any atom is -0.468 e. The summed E-state index contributed by atoms with van der Waals surface area (Å²) in [6, 6.07) is 17.3. The van der Waals surface area contributed by atoms with Gasteiger partial charge in [0.25, 0.3) is 0 Å². The number of hydrogen-bond donors (Lipinski definition) is 1. The molecule has 0 aliphatic heterocycles. The van der Waals surface area contributed by atoms with Crippen LogP contribution in [0.1, 0.15) is 18.1 Å². The Labute approximate surface area is 130 Å². The smallest absolute Gasteiger partial charge is 0.322 e. The van der Waals surface area contributed by atoms with E-state index in [1.807, 2.05) is 48.5 Å². The van der Waals surface area contributed by atoms with E-state index in [1.54, 1.807) is 6.92 Å². The number of nitrogens with one attached hydrogen (secondary N) is 1. The van der Waals surface area contributed by atoms with Gasteiger partial charge in [-0.25, -0.2) is 0 Å². The summed E-state index contributed by atoms with van der Waals surface area (Å²) in [6.45, 7) is 2.35. The lowest BCUT2D eigenvalue weighted by molar-refractivity contribution is -0.142. The van der Waals surface area contributed by atoms with Crippen LogP contribution in [0.5, 0.6) is 0 Å². The van der Waals surface area contributed by atoms with Crippen LogP contribution in [0.2, 0.25) is 0 Å². The molecule has 2 aromatic carbocycles. The molecule has 0 aliphatic rings. The van der Waals surface area contributed by atoms with E-state index in [4.69, 9.17) is 5.26 Å². The van der Waals surface area contributed by atoms with E-state index in [0.29, 0.717) is 12.1 Å². The zero-order valence-electron chi connectivity index (χ0n) is 12.7. The van der Waals surface area contributed by atoms with E-state index < -0.39 is 0 Å². The first-order chi connectivity index (χ1) is 10.7. The third-order valence-corrected chi connectivity index (χ3v) is 3.48. The van der Waals surface area contributed by atoms with E-state index in [2.05, 4.69) is 16.1 Å². The summed E-state index contributed by atoms with van der Waals surface area (Å²) in [4.78, 5) is 11.3. The van der Waals surface area contributed by atoms with Crippen molar-refractivity contribution >= 4 is 5.97 Å². The van der Waals surface area contributed by atoms with Crippen LogP contribution in [0.15, 0.2) is 48.5 Å². The number of esters is 1. The van der Waals surface area contributed by atoms with Crippen molar-refractivity contribution in [1.82, 2.24) is 5.32 Å². The Morgan fingerprint density at radius 3 is 2.55 bits per heavy atom. The molecular weight excluding hydrogens is 276 g/mol. The van der Waals surface area contributed by atoms with Crippen LogP contribution < -0.4 is 5.32 Å². The summed E-state index contributed by atoms with van der Waals surface area (Å²) in [6.07, 6.45) is 0. The quantitative estimate of drug-likeness (QED) is 0.861. The molecule has 0 heterocycles. The molecule has 22 heavy (non-hydrogen) atoms. The third kappa shape index (κ3) is 3.72. The predicted molar refractivity (Wildman–Crippen MR) is 84.9 cm³/mol. The first-order valence-corrected chi connectivity index (χ1v) is 7.05. The number of hydrogen-bond acceptors (Lipinski definition) is 4. The van der Waals surface area contributed by atoms with Crippen LogP contribution in [0.4, 0.5) is 0 Å². The lowest BCUT2D eigenvalue weighted by Crippen LogP contribution is -2.34. The molecule has 0 aromatic heterocycles. The van der Waals surface area contributed by atoms with E-state index in [9.17, 15) is 4.79 Å². The maximum absolute atomic E-state index is 11.3. The Morgan fingerprint density at radius 2 is 1.91 bits per heavy atom. The molecule has 1 N–H and O–H groups in total. The first kappa shape index (κ1) is 15.7. The highest BCUT2D eigenvalue weighted by Crippen LogP contribution is 2.23. The van der Waals surface area contributed by atoms with Crippen molar-refractivity contribution < 1.29 is 9.53 Å². The number of ether oxygens (including phenoxy) is 1. The summed E-state index contributed by atoms with van der Waals surface area (Å²) in [5.74, 6) is -0.278. The highest BCUT2D eigenvalue weighted by molar-refractivity contribution is 5.75. The van der Waals surface area contributed by atoms with E-state index in [1.165, 1.54) is 7.11 Å². The van der Waals surface area contributed by atoms with Crippen LogP contribution in [-0.2, 0) is 16.1 Å². The molecule has 4 heteroatoms. The second-order valence-electron chi connectivity index (χ2n) is 4.98. The molecule has 0 spiro atoms. The SMILES string of the molecule is COC(=O)[C@@H](C)NCc1ccc(-c2ccccc2C#N)cc1. The van der Waals surface area contributed by atoms with Crippen molar-refractivity contribution in [3.63, 3.8) is 0 Å². The van der Waals surface area contributed by atoms with Gasteiger partial charge in [0.15, 0.2) is 0 Å². The van der Waals surface area contributed by atoms with Crippen molar-refractivity contribution in [2.45, 2.75) is 19.5 Å². The van der Waals surface area contributed by atoms with Crippen molar-refractivity contribution in [2.75, 3.05) is 7.11 Å². The van der Waals surface area contributed by atoms with Gasteiger partial charge in [0.05, 0.1) is 18.7 Å². The largest absolute Gasteiger partial charge is 0.468 e. The van der Waals surface area contributed by atoms with Gasteiger partial charge < -0.3 is 10.1 Å². The Hall–Kier alpha value is -2.64. The molecule has 0 unspecified atom stereocenters. The minimum atomic E-state index is -0.344. The molecule has 0 saturated carbocycles. The zero-order chi connectivity index (χ0) is 15.9. The van der Waals surface area contributed by atoms with Gasteiger partial charge in [-0.3, -0.25) is 4.79 Å². The van der Waals surface area contributed by atoms with Gasteiger partial charge in [-0.2, -0.15) is 5.26 Å². The maximum Gasteiger partial charge on any atom is 0.322 e. The molecule has 0 saturated heterocycles. The summed E-state index contributed by atoms with van der Waals surface area (Å²) >= 11 is 0. The van der Waals surface area contributed by atoms with Crippen LogP contribution >= 0.6 is 0 Å². The molecule has 0 radical (unpaired) electrons. The fourth-order valence-electron chi connectivity index (χ4n) is 2.17. The summed E-state index contributed by atoms with van der Waals surface area (Å²) in [5.41, 5.74) is 3.65. The number of methoxy groups -OCH3 is 1. The van der Waals surface area contributed by atoms with Gasteiger partial charge in [-0.05, 0) is 29.7 Å². The number of nitrogens with zero attached hydrogens (tertiary/aromatic N) is 1. The Bertz CT molecular complexity index is 687. The molecule has 4 nitrogen and oxygen atoms in total. The van der Waals surface area contributed by atoms with Crippen molar-refractivity contribution in [3.05, 3.63) is 59.7 Å². The number of nitriles is 1. The number of carbonyl (C=O) groups is 1. The second-order valence-corrected chi connectivity index (χ2v) is 4.98. The topological polar surface area (TPSA) is 62.1 Å². The van der Waals surface area contributed by atoms with Gasteiger partial charge in [0.2, 0.25) is 0 Å². The fraction of sp³-hybridized carbons (Fsp3) is 0.222. The lowest BCUT2D eigenvalue weighted by atomic mass is 9.99. The number of carbonyl (C=O) groups excluding carboxylic acids is 1. The zero-order valence-corrected chi connectivity index (χ0v) is 12.7. The molecule has 2 aromatic rings. The summed E-state index contributed by atoms with van der Waals surface area (Å²) in [5, 5.41) is 12.3. The number of benzene rings is 2. The Morgan fingerprint density at radius 1 is 1.23 bits per heavy atom. The highest BCUT2D eigenvalue weighted by atomic mass is 16.5. The number of rotatable bonds is 5. The van der Waals surface area contributed by atoms with E-state index in [0.717, 1.165) is 16.7 Å². The first-order valence-electron chi connectivity index (χ1n) is 7.05. The lowest BCUT2D eigenvalue weighted by Gasteiger charge is -2.12. The standard InChI is InChI=1S/C18H18N2O2/c1-13(18(21)22-2)20-12-14-7-9-15(10-8-14)17-6-4-3-5-16(17)11-19/h3-10,13,20H,12H2,1-2H3/t13-/m1/s1. The van der Waals surface area contributed by atoms with Gasteiger partial charge in [-0.1, -0.05) is 42.5 Å². The second kappa shape index (κ2) is 7.39.